The van der Waals surface area contributed by atoms with Crippen LogP contribution in [0.5, 0.6) is 0 Å². The molecule has 1 aromatic carbocycles. The molecule has 0 amide bonds. The van der Waals surface area contributed by atoms with Crippen LogP contribution in [-0.4, -0.2) is 5.78 Å². The summed E-state index contributed by atoms with van der Waals surface area (Å²) in [5.41, 5.74) is 2.02. The number of carbonyl (C=O) groups is 1. The van der Waals surface area contributed by atoms with E-state index in [4.69, 9.17) is 0 Å². The van der Waals surface area contributed by atoms with Gasteiger partial charge in [-0.05, 0) is 62.3 Å². The summed E-state index contributed by atoms with van der Waals surface area (Å²) in [6.07, 6.45) is 5.85. The summed E-state index contributed by atoms with van der Waals surface area (Å²) in [5.74, 6) is 1.44. The van der Waals surface area contributed by atoms with Crippen LogP contribution in [0.4, 0.5) is 0 Å². The van der Waals surface area contributed by atoms with Gasteiger partial charge < -0.3 is 0 Å². The van der Waals surface area contributed by atoms with Gasteiger partial charge in [-0.3, -0.25) is 4.79 Å². The molecule has 0 bridgehead atoms. The van der Waals surface area contributed by atoms with E-state index in [0.717, 1.165) is 34.4 Å². The Morgan fingerprint density at radius 2 is 1.89 bits per heavy atom. The fourth-order valence-corrected chi connectivity index (χ4v) is 3.55. The molecular formula is C16H21BrO. The lowest BCUT2D eigenvalue weighted by atomic mass is 9.78. The second-order valence-electron chi connectivity index (χ2n) is 5.51. The molecule has 0 atom stereocenters. The van der Waals surface area contributed by atoms with Crippen LogP contribution < -0.4 is 0 Å². The highest BCUT2D eigenvalue weighted by atomic mass is 79.9. The van der Waals surface area contributed by atoms with Crippen LogP contribution in [0.25, 0.3) is 0 Å². The number of halogens is 1. The first kappa shape index (κ1) is 13.8. The van der Waals surface area contributed by atoms with E-state index in [0.29, 0.717) is 5.78 Å². The predicted molar refractivity (Wildman–Crippen MR) is 78.9 cm³/mol. The van der Waals surface area contributed by atoms with Gasteiger partial charge in [0.25, 0.3) is 0 Å². The molecule has 1 saturated carbocycles. The molecule has 0 radical (unpaired) electrons. The van der Waals surface area contributed by atoms with E-state index in [2.05, 4.69) is 22.9 Å². The van der Waals surface area contributed by atoms with E-state index in [-0.39, 0.29) is 5.92 Å². The van der Waals surface area contributed by atoms with E-state index in [9.17, 15) is 4.79 Å². The Bertz CT molecular complexity index is 410. The van der Waals surface area contributed by atoms with Gasteiger partial charge in [0.1, 0.15) is 0 Å². The normalized spacial score (nSPS) is 23.9. The number of carbonyl (C=O) groups excluding carboxylic acids is 1. The van der Waals surface area contributed by atoms with E-state index in [1.54, 1.807) is 0 Å². The van der Waals surface area contributed by atoms with E-state index in [1.807, 2.05) is 25.1 Å². The molecule has 1 aliphatic rings. The maximum absolute atomic E-state index is 12.5. The number of ketones is 1. The molecule has 98 valence electrons. The topological polar surface area (TPSA) is 17.1 Å². The molecule has 1 nitrogen and oxygen atoms in total. The minimum absolute atomic E-state index is 0.251. The molecule has 2 rings (SSSR count). The van der Waals surface area contributed by atoms with Crippen molar-refractivity contribution < 1.29 is 4.79 Å². The van der Waals surface area contributed by atoms with Gasteiger partial charge in [-0.15, -0.1) is 0 Å². The van der Waals surface area contributed by atoms with Crippen molar-refractivity contribution >= 4 is 21.7 Å². The first-order chi connectivity index (χ1) is 8.60. The molecule has 0 unspecified atom stereocenters. The standard InChI is InChI=1S/C16H21BrO/c1-3-12-4-6-13(7-5-12)16(18)14-8-11(2)9-15(17)10-14/h8-10,12-13H,3-7H2,1-2H3. The van der Waals surface area contributed by atoms with Crippen LogP contribution >= 0.6 is 15.9 Å². The lowest BCUT2D eigenvalue weighted by Gasteiger charge is -2.26. The van der Waals surface area contributed by atoms with Crippen molar-refractivity contribution in [2.45, 2.75) is 46.0 Å². The molecule has 2 heteroatoms. The highest BCUT2D eigenvalue weighted by molar-refractivity contribution is 9.10. The summed E-state index contributed by atoms with van der Waals surface area (Å²) >= 11 is 3.47. The molecule has 0 N–H and O–H groups in total. The molecule has 0 heterocycles. The van der Waals surface area contributed by atoms with Gasteiger partial charge in [-0.2, -0.15) is 0 Å². The number of benzene rings is 1. The third kappa shape index (κ3) is 3.23. The third-order valence-corrected chi connectivity index (χ3v) is 4.58. The van der Waals surface area contributed by atoms with Crippen LogP contribution in [0.1, 0.15) is 54.9 Å². The molecule has 1 fully saturated rings. The predicted octanol–water partition coefficient (Wildman–Crippen LogP) is 5.16. The van der Waals surface area contributed by atoms with Crippen molar-refractivity contribution in [1.82, 2.24) is 0 Å². The molecule has 1 aromatic rings. The van der Waals surface area contributed by atoms with Gasteiger partial charge in [-0.25, -0.2) is 0 Å². The summed E-state index contributed by atoms with van der Waals surface area (Å²) in [4.78, 5) is 12.5. The van der Waals surface area contributed by atoms with Crippen molar-refractivity contribution in [1.29, 1.82) is 0 Å². The van der Waals surface area contributed by atoms with E-state index >= 15 is 0 Å². The lowest BCUT2D eigenvalue weighted by Crippen LogP contribution is -2.21. The zero-order chi connectivity index (χ0) is 13.1. The number of Topliss-reactive ketones (excluding diaryl/α,β-unsaturated/α-hetero) is 1. The van der Waals surface area contributed by atoms with Crippen LogP contribution in [0.2, 0.25) is 0 Å². The van der Waals surface area contributed by atoms with Gasteiger partial charge in [-0.1, -0.05) is 29.3 Å². The summed E-state index contributed by atoms with van der Waals surface area (Å²) in [7, 11) is 0. The van der Waals surface area contributed by atoms with Crippen LogP contribution in [0.3, 0.4) is 0 Å². The average molecular weight is 309 g/mol. The Labute approximate surface area is 118 Å². The molecular weight excluding hydrogens is 288 g/mol. The first-order valence-electron chi connectivity index (χ1n) is 6.91. The minimum Gasteiger partial charge on any atom is -0.294 e. The van der Waals surface area contributed by atoms with Gasteiger partial charge in [0.15, 0.2) is 5.78 Å². The zero-order valence-corrected chi connectivity index (χ0v) is 12.8. The minimum atomic E-state index is 0.251. The van der Waals surface area contributed by atoms with Crippen LogP contribution in [-0.2, 0) is 0 Å². The SMILES string of the molecule is CCC1CCC(C(=O)c2cc(C)cc(Br)c2)CC1. The van der Waals surface area contributed by atoms with Crippen molar-refractivity contribution in [3.05, 3.63) is 33.8 Å². The van der Waals surface area contributed by atoms with Crippen LogP contribution in [0.15, 0.2) is 22.7 Å². The van der Waals surface area contributed by atoms with E-state index in [1.165, 1.54) is 19.3 Å². The molecule has 1 aliphatic carbocycles. The Hall–Kier alpha value is -0.630. The van der Waals surface area contributed by atoms with Crippen molar-refractivity contribution in [3.8, 4) is 0 Å². The largest absolute Gasteiger partial charge is 0.294 e. The second kappa shape index (κ2) is 6.01. The maximum atomic E-state index is 12.5. The molecule has 0 aliphatic heterocycles. The molecule has 0 spiro atoms. The third-order valence-electron chi connectivity index (χ3n) is 4.12. The van der Waals surface area contributed by atoms with Crippen molar-refractivity contribution in [2.75, 3.05) is 0 Å². The van der Waals surface area contributed by atoms with Crippen LogP contribution in [0, 0.1) is 18.8 Å². The number of rotatable bonds is 3. The molecule has 18 heavy (non-hydrogen) atoms. The van der Waals surface area contributed by atoms with Crippen molar-refractivity contribution in [3.63, 3.8) is 0 Å². The fourth-order valence-electron chi connectivity index (χ4n) is 2.95. The summed E-state index contributed by atoms with van der Waals surface area (Å²) in [6, 6.07) is 6.02. The smallest absolute Gasteiger partial charge is 0.165 e. The maximum Gasteiger partial charge on any atom is 0.165 e. The highest BCUT2D eigenvalue weighted by Crippen LogP contribution is 2.33. The number of aryl methyl sites for hydroxylation is 1. The van der Waals surface area contributed by atoms with Gasteiger partial charge >= 0.3 is 0 Å². The van der Waals surface area contributed by atoms with Gasteiger partial charge in [0, 0.05) is 16.0 Å². The fraction of sp³-hybridized carbons (Fsp3) is 0.562. The molecule has 0 saturated heterocycles. The Kier molecular flexibility index (Phi) is 4.60. The van der Waals surface area contributed by atoms with Gasteiger partial charge in [0.2, 0.25) is 0 Å². The average Bonchev–Trinajstić information content (AvgIpc) is 2.37. The monoisotopic (exact) mass is 308 g/mol. The lowest BCUT2D eigenvalue weighted by molar-refractivity contribution is 0.0871. The summed E-state index contributed by atoms with van der Waals surface area (Å²) < 4.78 is 1.01. The second-order valence-corrected chi connectivity index (χ2v) is 6.42. The first-order valence-corrected chi connectivity index (χ1v) is 7.71. The quantitative estimate of drug-likeness (QED) is 0.705. The zero-order valence-electron chi connectivity index (χ0n) is 11.2. The number of hydrogen-bond donors (Lipinski definition) is 0. The highest BCUT2D eigenvalue weighted by Gasteiger charge is 2.26. The summed E-state index contributed by atoms with van der Waals surface area (Å²) in [6.45, 7) is 4.29. The number of hydrogen-bond acceptors (Lipinski definition) is 1. The Balaban J connectivity index is 2.07. The van der Waals surface area contributed by atoms with Crippen molar-refractivity contribution in [2.24, 2.45) is 11.8 Å². The summed E-state index contributed by atoms with van der Waals surface area (Å²) in [5, 5.41) is 0. The van der Waals surface area contributed by atoms with Gasteiger partial charge in [0.05, 0.1) is 0 Å². The molecule has 0 aromatic heterocycles. The van der Waals surface area contributed by atoms with E-state index < -0.39 is 0 Å². The Morgan fingerprint density at radius 1 is 1.22 bits per heavy atom. The Morgan fingerprint density at radius 3 is 2.44 bits per heavy atom.